The molecule has 0 unspecified atom stereocenters. The predicted octanol–water partition coefficient (Wildman–Crippen LogP) is 4.11. The average Bonchev–Trinajstić information content (AvgIpc) is 3.53. The van der Waals surface area contributed by atoms with E-state index < -0.39 is 0 Å². The summed E-state index contributed by atoms with van der Waals surface area (Å²) in [6, 6.07) is 19.0. The molecule has 0 spiro atoms. The Hall–Kier alpha value is -3.78. The Kier molecular flexibility index (Phi) is 7.26. The van der Waals surface area contributed by atoms with Crippen LogP contribution in [-0.2, 0) is 17.9 Å². The number of hydrogen-bond donors (Lipinski definition) is 2. The molecule has 0 atom stereocenters. The molecule has 0 fully saturated rings. The summed E-state index contributed by atoms with van der Waals surface area (Å²) < 4.78 is 7.10. The van der Waals surface area contributed by atoms with Gasteiger partial charge in [-0.15, -0.1) is 0 Å². The number of amides is 2. The van der Waals surface area contributed by atoms with Gasteiger partial charge in [-0.05, 0) is 48.9 Å². The van der Waals surface area contributed by atoms with Gasteiger partial charge in [0.05, 0.1) is 18.6 Å². The normalized spacial score (nSPS) is 10.7. The molecule has 4 aromatic rings. The van der Waals surface area contributed by atoms with Crippen molar-refractivity contribution in [2.24, 2.45) is 0 Å². The van der Waals surface area contributed by atoms with Crippen molar-refractivity contribution in [1.82, 2.24) is 20.2 Å². The summed E-state index contributed by atoms with van der Waals surface area (Å²) in [7, 11) is 0. The van der Waals surface area contributed by atoms with Crippen LogP contribution in [0.2, 0.25) is 0 Å². The van der Waals surface area contributed by atoms with Gasteiger partial charge in [0.15, 0.2) is 5.16 Å². The molecule has 0 bridgehead atoms. The predicted molar refractivity (Wildman–Crippen MR) is 127 cm³/mol. The summed E-state index contributed by atoms with van der Waals surface area (Å²) >= 11 is 1.34. The van der Waals surface area contributed by atoms with E-state index in [1.807, 2.05) is 60.2 Å². The van der Waals surface area contributed by atoms with E-state index in [-0.39, 0.29) is 17.6 Å². The van der Waals surface area contributed by atoms with E-state index in [4.69, 9.17) is 4.42 Å². The molecule has 2 aromatic carbocycles. The second kappa shape index (κ2) is 10.7. The highest BCUT2D eigenvalue weighted by Crippen LogP contribution is 2.21. The van der Waals surface area contributed by atoms with Gasteiger partial charge in [0.2, 0.25) is 5.91 Å². The largest absolute Gasteiger partial charge is 0.467 e. The molecule has 0 saturated heterocycles. The van der Waals surface area contributed by atoms with Crippen LogP contribution in [0.4, 0.5) is 0 Å². The summed E-state index contributed by atoms with van der Waals surface area (Å²) in [6.45, 7) is 2.87. The highest BCUT2D eigenvalue weighted by Gasteiger charge is 2.11. The second-order valence-electron chi connectivity index (χ2n) is 7.44. The zero-order valence-electron chi connectivity index (χ0n) is 18.2. The maximum atomic E-state index is 12.5. The minimum absolute atomic E-state index is 0.105. The van der Waals surface area contributed by atoms with Gasteiger partial charge < -0.3 is 15.1 Å². The number of nitrogens with one attached hydrogen (secondary N) is 2. The lowest BCUT2D eigenvalue weighted by atomic mass is 10.1. The van der Waals surface area contributed by atoms with Crippen LogP contribution in [0.25, 0.3) is 5.69 Å². The van der Waals surface area contributed by atoms with Gasteiger partial charge in [0.25, 0.3) is 5.91 Å². The summed E-state index contributed by atoms with van der Waals surface area (Å²) in [6.07, 6.45) is 5.09. The monoisotopic (exact) mass is 460 g/mol. The Morgan fingerprint density at radius 3 is 2.52 bits per heavy atom. The fraction of sp³-hybridized carbons (Fsp3) is 0.160. The molecule has 33 heavy (non-hydrogen) atoms. The first kappa shape index (κ1) is 22.4. The molecule has 2 aromatic heterocycles. The van der Waals surface area contributed by atoms with Gasteiger partial charge in [-0.2, -0.15) is 0 Å². The smallest absolute Gasteiger partial charge is 0.251 e. The summed E-state index contributed by atoms with van der Waals surface area (Å²) in [5, 5.41) is 6.45. The van der Waals surface area contributed by atoms with E-state index in [0.29, 0.717) is 29.6 Å². The maximum absolute atomic E-state index is 12.5. The number of rotatable bonds is 9. The number of imidazole rings is 1. The Morgan fingerprint density at radius 2 is 1.79 bits per heavy atom. The Morgan fingerprint density at radius 1 is 1.00 bits per heavy atom. The molecule has 2 amide bonds. The quantitative estimate of drug-likeness (QED) is 0.367. The van der Waals surface area contributed by atoms with Crippen LogP contribution in [0.1, 0.15) is 27.2 Å². The minimum Gasteiger partial charge on any atom is -0.467 e. The summed E-state index contributed by atoms with van der Waals surface area (Å²) in [5.74, 6) is 0.706. The van der Waals surface area contributed by atoms with Crippen LogP contribution in [0, 0.1) is 6.92 Å². The zero-order chi connectivity index (χ0) is 23.0. The Bertz CT molecular complexity index is 1200. The number of carbonyl (C=O) groups is 2. The molecule has 7 nitrogen and oxygen atoms in total. The highest BCUT2D eigenvalue weighted by atomic mass is 32.2. The Balaban J connectivity index is 1.31. The van der Waals surface area contributed by atoms with E-state index in [9.17, 15) is 9.59 Å². The van der Waals surface area contributed by atoms with Crippen LogP contribution in [0.5, 0.6) is 0 Å². The first-order valence-electron chi connectivity index (χ1n) is 10.5. The fourth-order valence-electron chi connectivity index (χ4n) is 3.14. The molecular formula is C25H24N4O3S. The lowest BCUT2D eigenvalue weighted by Crippen LogP contribution is -2.24. The fourth-order valence-corrected chi connectivity index (χ4v) is 3.94. The van der Waals surface area contributed by atoms with Crippen LogP contribution < -0.4 is 10.6 Å². The number of hydrogen-bond acceptors (Lipinski definition) is 5. The molecule has 0 radical (unpaired) electrons. The van der Waals surface area contributed by atoms with Crippen LogP contribution in [0.3, 0.4) is 0 Å². The first-order chi connectivity index (χ1) is 16.1. The molecule has 8 heteroatoms. The van der Waals surface area contributed by atoms with E-state index in [2.05, 4.69) is 15.6 Å². The van der Waals surface area contributed by atoms with Crippen molar-refractivity contribution in [2.75, 3.05) is 5.75 Å². The van der Waals surface area contributed by atoms with Gasteiger partial charge in [0.1, 0.15) is 5.76 Å². The molecule has 0 aliphatic rings. The summed E-state index contributed by atoms with van der Waals surface area (Å²) in [5.41, 5.74) is 3.68. The van der Waals surface area contributed by atoms with Gasteiger partial charge in [-0.3, -0.25) is 14.2 Å². The number of aryl methyl sites for hydroxylation is 1. The van der Waals surface area contributed by atoms with Crippen molar-refractivity contribution in [3.8, 4) is 5.69 Å². The second-order valence-corrected chi connectivity index (χ2v) is 8.38. The van der Waals surface area contributed by atoms with Gasteiger partial charge >= 0.3 is 0 Å². The number of nitrogens with zero attached hydrogens (tertiary/aromatic N) is 2. The zero-order valence-corrected chi connectivity index (χ0v) is 19.0. The number of furan rings is 1. The number of benzene rings is 2. The lowest BCUT2D eigenvalue weighted by Gasteiger charge is -2.09. The van der Waals surface area contributed by atoms with E-state index in [1.54, 1.807) is 30.7 Å². The van der Waals surface area contributed by atoms with Crippen molar-refractivity contribution in [2.45, 2.75) is 25.2 Å². The minimum atomic E-state index is -0.129. The van der Waals surface area contributed by atoms with Crippen molar-refractivity contribution in [1.29, 1.82) is 0 Å². The lowest BCUT2D eigenvalue weighted by molar-refractivity contribution is -0.118. The van der Waals surface area contributed by atoms with E-state index >= 15 is 0 Å². The molecule has 168 valence electrons. The number of carbonyl (C=O) groups excluding carboxylic acids is 2. The van der Waals surface area contributed by atoms with Crippen LogP contribution >= 0.6 is 11.8 Å². The van der Waals surface area contributed by atoms with Gasteiger partial charge in [0, 0.05) is 30.2 Å². The third-order valence-electron chi connectivity index (χ3n) is 4.96. The molecule has 0 saturated carbocycles. The number of aromatic nitrogens is 2. The number of thioether (sulfide) groups is 1. The van der Waals surface area contributed by atoms with Crippen LogP contribution in [-0.4, -0.2) is 27.1 Å². The standard InChI is InChI=1S/C25H24N4O3S/c1-18-4-6-19(7-5-18)15-28-24(31)20-8-10-21(11-9-20)29-13-12-26-25(29)33-17-23(30)27-16-22-3-2-14-32-22/h2-14H,15-17H2,1H3,(H,27,30)(H,28,31). The average molecular weight is 461 g/mol. The topological polar surface area (TPSA) is 89.2 Å². The third-order valence-corrected chi connectivity index (χ3v) is 5.93. The molecule has 0 aliphatic carbocycles. The van der Waals surface area contributed by atoms with Crippen molar-refractivity contribution in [3.05, 3.63) is 102 Å². The molecule has 0 aliphatic heterocycles. The van der Waals surface area contributed by atoms with E-state index in [1.165, 1.54) is 17.3 Å². The molecule has 2 heterocycles. The van der Waals surface area contributed by atoms with Crippen molar-refractivity contribution in [3.63, 3.8) is 0 Å². The maximum Gasteiger partial charge on any atom is 0.251 e. The SMILES string of the molecule is Cc1ccc(CNC(=O)c2ccc(-n3ccnc3SCC(=O)NCc3ccco3)cc2)cc1. The molecule has 2 N–H and O–H groups in total. The first-order valence-corrected chi connectivity index (χ1v) is 11.5. The highest BCUT2D eigenvalue weighted by molar-refractivity contribution is 7.99. The molecule has 4 rings (SSSR count). The van der Waals surface area contributed by atoms with Gasteiger partial charge in [-0.1, -0.05) is 41.6 Å². The molecular weight excluding hydrogens is 436 g/mol. The van der Waals surface area contributed by atoms with Crippen molar-refractivity contribution < 1.29 is 14.0 Å². The van der Waals surface area contributed by atoms with Gasteiger partial charge in [-0.25, -0.2) is 4.98 Å². The Labute approximate surface area is 196 Å². The van der Waals surface area contributed by atoms with Crippen molar-refractivity contribution >= 4 is 23.6 Å². The third kappa shape index (κ3) is 6.14. The summed E-state index contributed by atoms with van der Waals surface area (Å²) in [4.78, 5) is 29.0. The van der Waals surface area contributed by atoms with E-state index in [0.717, 1.165) is 11.3 Å². The van der Waals surface area contributed by atoms with Crippen LogP contribution in [0.15, 0.2) is 88.9 Å².